The van der Waals surface area contributed by atoms with Gasteiger partial charge in [0.15, 0.2) is 0 Å². The number of carbonyl (C=O) groups is 1. The largest absolute Gasteiger partial charge is 0.352 e. The second kappa shape index (κ2) is 9.50. The van der Waals surface area contributed by atoms with Crippen molar-refractivity contribution in [2.45, 2.75) is 52.9 Å². The van der Waals surface area contributed by atoms with Crippen molar-refractivity contribution in [1.82, 2.24) is 10.3 Å². The first kappa shape index (κ1) is 20.1. The molecule has 1 heterocycles. The Morgan fingerprint density at radius 3 is 2.54 bits per heavy atom. The van der Waals surface area contributed by atoms with Crippen molar-refractivity contribution in [2.75, 3.05) is 6.54 Å². The quantitative estimate of drug-likeness (QED) is 0.476. The van der Waals surface area contributed by atoms with Crippen LogP contribution in [-0.4, -0.2) is 17.4 Å². The maximum Gasteiger partial charge on any atom is 0.252 e. The van der Waals surface area contributed by atoms with Crippen LogP contribution in [-0.2, 0) is 0 Å². The normalized spacial score (nSPS) is 11.0. The number of unbranched alkanes of at least 4 members (excludes halogenated alkanes) is 4. The summed E-state index contributed by atoms with van der Waals surface area (Å²) in [4.78, 5) is 17.8. The zero-order valence-corrected chi connectivity index (χ0v) is 17.2. The van der Waals surface area contributed by atoms with Gasteiger partial charge in [0.1, 0.15) is 0 Å². The predicted molar refractivity (Wildman–Crippen MR) is 118 cm³/mol. The molecular weight excluding hydrogens is 344 g/mol. The molecular formula is C25H30N2O. The van der Waals surface area contributed by atoms with E-state index < -0.39 is 0 Å². The van der Waals surface area contributed by atoms with Gasteiger partial charge >= 0.3 is 0 Å². The van der Waals surface area contributed by atoms with Crippen molar-refractivity contribution >= 4 is 16.8 Å². The fraction of sp³-hybridized carbons (Fsp3) is 0.360. The van der Waals surface area contributed by atoms with E-state index in [4.69, 9.17) is 4.98 Å². The molecule has 3 aromatic rings. The summed E-state index contributed by atoms with van der Waals surface area (Å²) < 4.78 is 0. The van der Waals surface area contributed by atoms with Gasteiger partial charge in [-0.25, -0.2) is 4.98 Å². The van der Waals surface area contributed by atoms with Gasteiger partial charge in [-0.2, -0.15) is 0 Å². The third-order valence-corrected chi connectivity index (χ3v) is 5.18. The first-order valence-electron chi connectivity index (χ1n) is 10.4. The number of benzene rings is 2. The average molecular weight is 375 g/mol. The van der Waals surface area contributed by atoms with Crippen molar-refractivity contribution < 1.29 is 4.79 Å². The van der Waals surface area contributed by atoms with Gasteiger partial charge in [-0.15, -0.1) is 0 Å². The van der Waals surface area contributed by atoms with Crippen LogP contribution in [0, 0.1) is 13.8 Å². The van der Waals surface area contributed by atoms with Gasteiger partial charge < -0.3 is 5.32 Å². The number of para-hydroxylation sites is 1. The Morgan fingerprint density at radius 1 is 0.964 bits per heavy atom. The summed E-state index contributed by atoms with van der Waals surface area (Å²) >= 11 is 0. The number of amides is 1. The summed E-state index contributed by atoms with van der Waals surface area (Å²) in [5, 5.41) is 4.01. The Labute approximate surface area is 168 Å². The summed E-state index contributed by atoms with van der Waals surface area (Å²) in [6, 6.07) is 16.2. The third kappa shape index (κ3) is 4.78. The van der Waals surface area contributed by atoms with Gasteiger partial charge in [0.05, 0.1) is 16.8 Å². The molecule has 1 aromatic heterocycles. The molecule has 2 aromatic carbocycles. The van der Waals surface area contributed by atoms with E-state index in [0.717, 1.165) is 35.1 Å². The monoisotopic (exact) mass is 374 g/mol. The van der Waals surface area contributed by atoms with Crippen molar-refractivity contribution in [1.29, 1.82) is 0 Å². The van der Waals surface area contributed by atoms with Gasteiger partial charge in [0.2, 0.25) is 0 Å². The van der Waals surface area contributed by atoms with E-state index in [1.54, 1.807) is 0 Å². The molecule has 0 atom stereocenters. The maximum absolute atomic E-state index is 12.9. The molecule has 3 heteroatoms. The zero-order valence-electron chi connectivity index (χ0n) is 17.2. The van der Waals surface area contributed by atoms with Crippen molar-refractivity contribution in [3.63, 3.8) is 0 Å². The molecule has 0 aliphatic heterocycles. The van der Waals surface area contributed by atoms with Crippen LogP contribution in [0.2, 0.25) is 0 Å². The lowest BCUT2D eigenvalue weighted by Crippen LogP contribution is -2.24. The molecule has 0 aliphatic carbocycles. The Morgan fingerprint density at radius 2 is 1.75 bits per heavy atom. The number of aromatic nitrogens is 1. The number of nitrogens with one attached hydrogen (secondary N) is 1. The number of aryl methyl sites for hydroxylation is 2. The fourth-order valence-electron chi connectivity index (χ4n) is 3.63. The molecule has 0 fully saturated rings. The molecule has 28 heavy (non-hydrogen) atoms. The molecule has 3 nitrogen and oxygen atoms in total. The highest BCUT2D eigenvalue weighted by atomic mass is 16.1. The summed E-state index contributed by atoms with van der Waals surface area (Å²) in [6.07, 6.45) is 5.93. The SMILES string of the molecule is CCCCCCCNC(=O)c1cc(-c2ccc(C)cc2C)nc2ccccc12. The molecule has 1 N–H and O–H groups in total. The van der Waals surface area contributed by atoms with Gasteiger partial charge in [0.25, 0.3) is 5.91 Å². The average Bonchev–Trinajstić information content (AvgIpc) is 2.69. The first-order chi connectivity index (χ1) is 13.6. The Hall–Kier alpha value is -2.68. The minimum absolute atomic E-state index is 0.0138. The predicted octanol–water partition coefficient (Wildman–Crippen LogP) is 6.22. The standard InChI is InChI=1S/C25H30N2O/c1-4-5-6-7-10-15-26-25(28)22-17-24(20-14-13-18(2)16-19(20)3)27-23-12-9-8-11-21(22)23/h8-9,11-14,16-17H,4-7,10,15H2,1-3H3,(H,26,28). The number of rotatable bonds is 8. The van der Waals surface area contributed by atoms with Gasteiger partial charge in [-0.05, 0) is 38.0 Å². The maximum atomic E-state index is 12.9. The molecule has 0 saturated heterocycles. The van der Waals surface area contributed by atoms with E-state index in [0.29, 0.717) is 5.56 Å². The lowest BCUT2D eigenvalue weighted by atomic mass is 9.99. The highest BCUT2D eigenvalue weighted by Gasteiger charge is 2.14. The highest BCUT2D eigenvalue weighted by Crippen LogP contribution is 2.27. The van der Waals surface area contributed by atoms with Crippen LogP contribution in [0.4, 0.5) is 0 Å². The van der Waals surface area contributed by atoms with Crippen LogP contribution in [0.15, 0.2) is 48.5 Å². The van der Waals surface area contributed by atoms with Crippen LogP contribution in [0.1, 0.15) is 60.5 Å². The Kier molecular flexibility index (Phi) is 6.80. The van der Waals surface area contributed by atoms with E-state index in [1.165, 1.54) is 36.8 Å². The third-order valence-electron chi connectivity index (χ3n) is 5.18. The highest BCUT2D eigenvalue weighted by molar-refractivity contribution is 6.07. The van der Waals surface area contributed by atoms with Crippen LogP contribution >= 0.6 is 0 Å². The Bertz CT molecular complexity index is 962. The second-order valence-electron chi connectivity index (χ2n) is 7.56. The molecule has 3 rings (SSSR count). The van der Waals surface area contributed by atoms with E-state index in [2.05, 4.69) is 44.3 Å². The molecule has 0 radical (unpaired) electrons. The molecule has 146 valence electrons. The minimum atomic E-state index is -0.0138. The van der Waals surface area contributed by atoms with E-state index >= 15 is 0 Å². The molecule has 0 bridgehead atoms. The fourth-order valence-corrected chi connectivity index (χ4v) is 3.63. The van der Waals surface area contributed by atoms with Crippen molar-refractivity contribution in [2.24, 2.45) is 0 Å². The lowest BCUT2D eigenvalue weighted by Gasteiger charge is -2.12. The second-order valence-corrected chi connectivity index (χ2v) is 7.56. The van der Waals surface area contributed by atoms with Crippen LogP contribution in [0.3, 0.4) is 0 Å². The first-order valence-corrected chi connectivity index (χ1v) is 10.4. The van der Waals surface area contributed by atoms with Gasteiger partial charge in [-0.1, -0.05) is 74.6 Å². The van der Waals surface area contributed by atoms with Crippen LogP contribution in [0.5, 0.6) is 0 Å². The zero-order chi connectivity index (χ0) is 19.9. The number of hydrogen-bond donors (Lipinski definition) is 1. The molecule has 0 unspecified atom stereocenters. The van der Waals surface area contributed by atoms with E-state index in [-0.39, 0.29) is 5.91 Å². The van der Waals surface area contributed by atoms with E-state index in [1.807, 2.05) is 30.3 Å². The molecule has 0 saturated carbocycles. The Balaban J connectivity index is 1.87. The van der Waals surface area contributed by atoms with E-state index in [9.17, 15) is 4.79 Å². The summed E-state index contributed by atoms with van der Waals surface area (Å²) in [5.74, 6) is -0.0138. The summed E-state index contributed by atoms with van der Waals surface area (Å²) in [6.45, 7) is 7.11. The molecule has 0 aliphatic rings. The topological polar surface area (TPSA) is 42.0 Å². The molecule has 1 amide bonds. The van der Waals surface area contributed by atoms with Crippen LogP contribution < -0.4 is 5.32 Å². The van der Waals surface area contributed by atoms with Gasteiger partial charge in [0, 0.05) is 17.5 Å². The number of fused-ring (bicyclic) bond motifs is 1. The number of carbonyl (C=O) groups excluding carboxylic acids is 1. The summed E-state index contributed by atoms with van der Waals surface area (Å²) in [7, 11) is 0. The summed E-state index contributed by atoms with van der Waals surface area (Å²) in [5.41, 5.74) is 5.88. The number of pyridine rings is 1. The molecule has 0 spiro atoms. The smallest absolute Gasteiger partial charge is 0.252 e. The van der Waals surface area contributed by atoms with Crippen LogP contribution in [0.25, 0.3) is 22.2 Å². The van der Waals surface area contributed by atoms with Crippen molar-refractivity contribution in [3.05, 3.63) is 65.2 Å². The lowest BCUT2D eigenvalue weighted by molar-refractivity contribution is 0.0954. The number of nitrogens with zero attached hydrogens (tertiary/aromatic N) is 1. The van der Waals surface area contributed by atoms with Gasteiger partial charge in [-0.3, -0.25) is 4.79 Å². The van der Waals surface area contributed by atoms with Crippen molar-refractivity contribution in [3.8, 4) is 11.3 Å². The minimum Gasteiger partial charge on any atom is -0.352 e. The number of hydrogen-bond acceptors (Lipinski definition) is 2.